The number of aromatic nitrogens is 1. The van der Waals surface area contributed by atoms with Gasteiger partial charge in [0.05, 0.1) is 5.02 Å². The Morgan fingerprint density at radius 3 is 2.95 bits per heavy atom. The first-order valence-corrected chi connectivity index (χ1v) is 7.31. The van der Waals surface area contributed by atoms with Gasteiger partial charge in [-0.15, -0.1) is 0 Å². The highest BCUT2D eigenvalue weighted by Crippen LogP contribution is 2.25. The fourth-order valence-corrected chi connectivity index (χ4v) is 3.03. The van der Waals surface area contributed by atoms with E-state index >= 15 is 0 Å². The van der Waals surface area contributed by atoms with Crippen molar-refractivity contribution in [2.24, 2.45) is 11.7 Å². The summed E-state index contributed by atoms with van der Waals surface area (Å²) in [6, 6.07) is 1.90. The highest BCUT2D eigenvalue weighted by Gasteiger charge is 2.30. The van der Waals surface area contributed by atoms with Crippen LogP contribution in [-0.2, 0) is 6.54 Å². The molecule has 0 bridgehead atoms. The standard InChI is InChI=1S/C14H22ClN3O/c1-3-17-9-11(15)7-13(17)14(19)18-5-4-10(2)6-12(18)8-16/h7,9-10,12H,3-6,8,16H2,1-2H3. The summed E-state index contributed by atoms with van der Waals surface area (Å²) < 4.78 is 1.90. The molecule has 1 aliphatic rings. The third-order valence-electron chi connectivity index (χ3n) is 3.93. The Labute approximate surface area is 119 Å². The van der Waals surface area contributed by atoms with E-state index in [0.29, 0.717) is 23.2 Å². The molecule has 1 saturated heterocycles. The molecule has 1 fully saturated rings. The van der Waals surface area contributed by atoms with Crippen molar-refractivity contribution in [3.63, 3.8) is 0 Å². The second-order valence-electron chi connectivity index (χ2n) is 5.35. The summed E-state index contributed by atoms with van der Waals surface area (Å²) in [5.74, 6) is 0.690. The second kappa shape index (κ2) is 5.97. The number of hydrogen-bond acceptors (Lipinski definition) is 2. The maximum atomic E-state index is 12.7. The first kappa shape index (κ1) is 14.4. The molecule has 2 heterocycles. The van der Waals surface area contributed by atoms with Crippen LogP contribution in [0, 0.1) is 5.92 Å². The molecule has 2 N–H and O–H groups in total. The van der Waals surface area contributed by atoms with Gasteiger partial charge in [-0.25, -0.2) is 0 Å². The third kappa shape index (κ3) is 2.95. The van der Waals surface area contributed by atoms with Gasteiger partial charge in [-0.05, 0) is 31.7 Å². The molecular weight excluding hydrogens is 262 g/mol. The van der Waals surface area contributed by atoms with Crippen molar-refractivity contribution in [2.75, 3.05) is 13.1 Å². The molecule has 2 rings (SSSR count). The number of piperidine rings is 1. The second-order valence-corrected chi connectivity index (χ2v) is 5.78. The Morgan fingerprint density at radius 1 is 1.58 bits per heavy atom. The van der Waals surface area contributed by atoms with Gasteiger partial charge in [0.15, 0.2) is 0 Å². The molecule has 0 aliphatic carbocycles. The van der Waals surface area contributed by atoms with E-state index in [1.54, 1.807) is 12.3 Å². The monoisotopic (exact) mass is 283 g/mol. The molecule has 0 saturated carbocycles. The van der Waals surface area contributed by atoms with E-state index in [4.69, 9.17) is 17.3 Å². The topological polar surface area (TPSA) is 51.3 Å². The van der Waals surface area contributed by atoms with Crippen LogP contribution in [0.2, 0.25) is 5.02 Å². The highest BCUT2D eigenvalue weighted by molar-refractivity contribution is 6.31. The molecule has 2 atom stereocenters. The Hall–Kier alpha value is -1.00. The largest absolute Gasteiger partial charge is 0.342 e. The van der Waals surface area contributed by atoms with Crippen molar-refractivity contribution in [2.45, 2.75) is 39.3 Å². The summed E-state index contributed by atoms with van der Waals surface area (Å²) in [6.45, 7) is 6.28. The first-order chi connectivity index (χ1) is 9.06. The van der Waals surface area contributed by atoms with E-state index in [1.807, 2.05) is 16.4 Å². The lowest BCUT2D eigenvalue weighted by molar-refractivity contribution is 0.0563. The van der Waals surface area contributed by atoms with E-state index in [2.05, 4.69) is 6.92 Å². The number of rotatable bonds is 3. The zero-order chi connectivity index (χ0) is 14.0. The molecule has 2 unspecified atom stereocenters. The van der Waals surface area contributed by atoms with Crippen LogP contribution in [0.25, 0.3) is 0 Å². The van der Waals surface area contributed by atoms with Crippen LogP contribution < -0.4 is 5.73 Å². The molecule has 0 aromatic carbocycles. The van der Waals surface area contributed by atoms with Crippen molar-refractivity contribution in [3.05, 3.63) is 23.0 Å². The van der Waals surface area contributed by atoms with Gasteiger partial charge >= 0.3 is 0 Å². The maximum Gasteiger partial charge on any atom is 0.270 e. The zero-order valence-electron chi connectivity index (χ0n) is 11.6. The number of carbonyl (C=O) groups excluding carboxylic acids is 1. The summed E-state index contributed by atoms with van der Waals surface area (Å²) in [5, 5.41) is 0.611. The van der Waals surface area contributed by atoms with E-state index < -0.39 is 0 Å². The van der Waals surface area contributed by atoms with Crippen molar-refractivity contribution in [1.82, 2.24) is 9.47 Å². The summed E-state index contributed by atoms with van der Waals surface area (Å²) in [7, 11) is 0. The molecule has 1 amide bonds. The molecule has 4 nitrogen and oxygen atoms in total. The van der Waals surface area contributed by atoms with Crippen LogP contribution in [0.1, 0.15) is 37.2 Å². The molecule has 1 aromatic heterocycles. The maximum absolute atomic E-state index is 12.7. The number of likely N-dealkylation sites (tertiary alicyclic amines) is 1. The quantitative estimate of drug-likeness (QED) is 0.926. The van der Waals surface area contributed by atoms with Gasteiger partial charge in [0.1, 0.15) is 5.69 Å². The predicted octanol–water partition coefficient (Wildman–Crippen LogP) is 2.36. The number of hydrogen-bond donors (Lipinski definition) is 1. The molecule has 5 heteroatoms. The Kier molecular flexibility index (Phi) is 4.53. The number of nitrogens with zero attached hydrogens (tertiary/aromatic N) is 2. The minimum absolute atomic E-state index is 0.0519. The molecule has 0 radical (unpaired) electrons. The van der Waals surface area contributed by atoms with E-state index in [1.165, 1.54) is 0 Å². The van der Waals surface area contributed by atoms with Crippen molar-refractivity contribution >= 4 is 17.5 Å². The minimum atomic E-state index is 0.0519. The van der Waals surface area contributed by atoms with Crippen LogP contribution >= 0.6 is 11.6 Å². The van der Waals surface area contributed by atoms with Gasteiger partial charge in [0.25, 0.3) is 5.91 Å². The molecule has 0 spiro atoms. The van der Waals surface area contributed by atoms with Crippen LogP contribution in [0.5, 0.6) is 0 Å². The zero-order valence-corrected chi connectivity index (χ0v) is 12.4. The van der Waals surface area contributed by atoms with Gasteiger partial charge in [-0.1, -0.05) is 18.5 Å². The first-order valence-electron chi connectivity index (χ1n) is 6.93. The number of halogens is 1. The SMILES string of the molecule is CCn1cc(Cl)cc1C(=O)N1CCC(C)CC1CN. The molecule has 1 aromatic rings. The van der Waals surface area contributed by atoms with Gasteiger partial charge in [-0.2, -0.15) is 0 Å². The lowest BCUT2D eigenvalue weighted by Gasteiger charge is -2.38. The van der Waals surface area contributed by atoms with Crippen molar-refractivity contribution in [1.29, 1.82) is 0 Å². The van der Waals surface area contributed by atoms with Crippen LogP contribution in [0.15, 0.2) is 12.3 Å². The predicted molar refractivity (Wildman–Crippen MR) is 77.4 cm³/mol. The summed E-state index contributed by atoms with van der Waals surface area (Å²) in [4.78, 5) is 14.6. The Bertz CT molecular complexity index is 458. The fourth-order valence-electron chi connectivity index (χ4n) is 2.80. The summed E-state index contributed by atoms with van der Waals surface area (Å²) in [5.41, 5.74) is 6.49. The van der Waals surface area contributed by atoms with E-state index in [-0.39, 0.29) is 11.9 Å². The summed E-state index contributed by atoms with van der Waals surface area (Å²) >= 11 is 6.00. The van der Waals surface area contributed by atoms with Gasteiger partial charge < -0.3 is 15.2 Å². The summed E-state index contributed by atoms with van der Waals surface area (Å²) in [6.07, 6.45) is 3.84. The van der Waals surface area contributed by atoms with Gasteiger partial charge in [-0.3, -0.25) is 4.79 Å². The van der Waals surface area contributed by atoms with Crippen LogP contribution in [0.4, 0.5) is 0 Å². The van der Waals surface area contributed by atoms with E-state index in [0.717, 1.165) is 25.9 Å². The van der Waals surface area contributed by atoms with Crippen LogP contribution in [-0.4, -0.2) is 34.5 Å². The third-order valence-corrected chi connectivity index (χ3v) is 4.14. The van der Waals surface area contributed by atoms with Crippen molar-refractivity contribution < 1.29 is 4.79 Å². The average molecular weight is 284 g/mol. The normalized spacial score (nSPS) is 23.7. The molecular formula is C14H22ClN3O. The Morgan fingerprint density at radius 2 is 2.32 bits per heavy atom. The number of nitrogens with two attached hydrogens (primary N) is 1. The minimum Gasteiger partial charge on any atom is -0.342 e. The van der Waals surface area contributed by atoms with Gasteiger partial charge in [0, 0.05) is 31.9 Å². The average Bonchev–Trinajstić information content (AvgIpc) is 2.79. The molecule has 19 heavy (non-hydrogen) atoms. The number of aryl methyl sites for hydroxylation is 1. The van der Waals surface area contributed by atoms with Crippen molar-refractivity contribution in [3.8, 4) is 0 Å². The molecule has 106 valence electrons. The lowest BCUT2D eigenvalue weighted by atomic mass is 9.92. The fraction of sp³-hybridized carbons (Fsp3) is 0.643. The van der Waals surface area contributed by atoms with Gasteiger partial charge in [0.2, 0.25) is 0 Å². The number of amides is 1. The lowest BCUT2D eigenvalue weighted by Crippen LogP contribution is -2.49. The smallest absolute Gasteiger partial charge is 0.270 e. The number of carbonyl (C=O) groups is 1. The molecule has 1 aliphatic heterocycles. The Balaban J connectivity index is 2.22. The van der Waals surface area contributed by atoms with Crippen LogP contribution in [0.3, 0.4) is 0 Å². The van der Waals surface area contributed by atoms with E-state index in [9.17, 15) is 4.79 Å². The highest BCUT2D eigenvalue weighted by atomic mass is 35.5.